The molecule has 0 bridgehead atoms. The van der Waals surface area contributed by atoms with Crippen LogP contribution >= 0.6 is 0 Å². The van der Waals surface area contributed by atoms with Crippen LogP contribution in [-0.4, -0.2) is 29.4 Å². The van der Waals surface area contributed by atoms with Gasteiger partial charge in [0, 0.05) is 30.7 Å². The first-order chi connectivity index (χ1) is 10.5. The number of carbonyl (C=O) groups is 1. The number of amides is 1. The SMILES string of the molecule is CC(C)NC(=O)[C@H]1CC=CCN(Cc2ccccc2F)[C@@H]1C. The standard InChI is InChI=1S/C18H25FN2O/c1-13(2)20-18(22)16-9-6-7-11-21(14(16)3)12-15-8-4-5-10-17(15)19/h4-8,10,13-14,16H,9,11-12H2,1-3H3,(H,20,22)/t14-,16+/m1/s1. The normalized spacial score (nSPS) is 22.6. The number of halogens is 1. The fraction of sp³-hybridized carbons (Fsp3) is 0.500. The number of rotatable bonds is 4. The summed E-state index contributed by atoms with van der Waals surface area (Å²) in [6.07, 6.45) is 4.86. The molecule has 0 fully saturated rings. The molecule has 2 atom stereocenters. The Labute approximate surface area is 132 Å². The predicted octanol–water partition coefficient (Wildman–Crippen LogP) is 3.12. The maximum absolute atomic E-state index is 13.9. The molecule has 1 aromatic rings. The summed E-state index contributed by atoms with van der Waals surface area (Å²) in [4.78, 5) is 14.6. The number of carbonyl (C=O) groups excluding carboxylic acids is 1. The zero-order chi connectivity index (χ0) is 16.1. The van der Waals surface area contributed by atoms with Crippen molar-refractivity contribution in [1.82, 2.24) is 10.2 Å². The van der Waals surface area contributed by atoms with Crippen LogP contribution in [-0.2, 0) is 11.3 Å². The van der Waals surface area contributed by atoms with Gasteiger partial charge in [0.1, 0.15) is 5.82 Å². The van der Waals surface area contributed by atoms with Gasteiger partial charge in [0.15, 0.2) is 0 Å². The van der Waals surface area contributed by atoms with Crippen LogP contribution in [0, 0.1) is 11.7 Å². The molecule has 4 heteroatoms. The van der Waals surface area contributed by atoms with Gasteiger partial charge in [-0.25, -0.2) is 4.39 Å². The Morgan fingerprint density at radius 2 is 2.09 bits per heavy atom. The Kier molecular flexibility index (Phi) is 5.72. The lowest BCUT2D eigenvalue weighted by Crippen LogP contribution is -2.46. The lowest BCUT2D eigenvalue weighted by Gasteiger charge is -2.32. The van der Waals surface area contributed by atoms with E-state index in [1.165, 1.54) is 6.07 Å². The first-order valence-corrected chi connectivity index (χ1v) is 7.92. The molecule has 0 saturated heterocycles. The number of benzene rings is 1. The van der Waals surface area contributed by atoms with E-state index in [0.29, 0.717) is 12.1 Å². The van der Waals surface area contributed by atoms with Gasteiger partial charge in [-0.3, -0.25) is 9.69 Å². The van der Waals surface area contributed by atoms with Crippen molar-refractivity contribution in [1.29, 1.82) is 0 Å². The molecule has 1 amide bonds. The molecule has 0 unspecified atom stereocenters. The fourth-order valence-corrected chi connectivity index (χ4v) is 2.84. The number of nitrogens with zero attached hydrogens (tertiary/aromatic N) is 1. The Hall–Kier alpha value is -1.68. The maximum Gasteiger partial charge on any atom is 0.225 e. The fourth-order valence-electron chi connectivity index (χ4n) is 2.84. The first-order valence-electron chi connectivity index (χ1n) is 7.92. The van der Waals surface area contributed by atoms with Gasteiger partial charge in [0.2, 0.25) is 5.91 Å². The quantitative estimate of drug-likeness (QED) is 0.867. The Morgan fingerprint density at radius 1 is 1.36 bits per heavy atom. The lowest BCUT2D eigenvalue weighted by atomic mass is 9.95. The highest BCUT2D eigenvalue weighted by Gasteiger charge is 2.30. The molecule has 1 aliphatic rings. The summed E-state index contributed by atoms with van der Waals surface area (Å²) in [7, 11) is 0. The van der Waals surface area contributed by atoms with Gasteiger partial charge < -0.3 is 5.32 Å². The molecule has 120 valence electrons. The molecule has 0 aromatic heterocycles. The van der Waals surface area contributed by atoms with E-state index in [4.69, 9.17) is 0 Å². The van der Waals surface area contributed by atoms with Crippen LogP contribution in [0.3, 0.4) is 0 Å². The molecular formula is C18H25FN2O. The Bertz CT molecular complexity index is 542. The second-order valence-corrected chi connectivity index (χ2v) is 6.24. The van der Waals surface area contributed by atoms with Crippen molar-refractivity contribution < 1.29 is 9.18 Å². The third-order valence-corrected chi connectivity index (χ3v) is 4.15. The highest BCUT2D eigenvalue weighted by Crippen LogP contribution is 2.22. The summed E-state index contributed by atoms with van der Waals surface area (Å²) in [5.41, 5.74) is 0.674. The molecule has 1 heterocycles. The number of nitrogens with one attached hydrogen (secondary N) is 1. The van der Waals surface area contributed by atoms with Crippen LogP contribution < -0.4 is 5.32 Å². The van der Waals surface area contributed by atoms with Gasteiger partial charge in [-0.1, -0.05) is 30.4 Å². The molecule has 2 rings (SSSR count). The van der Waals surface area contributed by atoms with E-state index in [-0.39, 0.29) is 29.7 Å². The largest absolute Gasteiger partial charge is 0.354 e. The molecule has 3 nitrogen and oxygen atoms in total. The Balaban J connectivity index is 2.12. The van der Waals surface area contributed by atoms with E-state index in [9.17, 15) is 9.18 Å². The third kappa shape index (κ3) is 4.17. The molecule has 0 spiro atoms. The number of allylic oxidation sites excluding steroid dienone is 1. The zero-order valence-electron chi connectivity index (χ0n) is 13.6. The molecule has 22 heavy (non-hydrogen) atoms. The number of hydrogen-bond donors (Lipinski definition) is 1. The van der Waals surface area contributed by atoms with E-state index in [2.05, 4.69) is 29.3 Å². The topological polar surface area (TPSA) is 32.3 Å². The van der Waals surface area contributed by atoms with Crippen LogP contribution in [0.2, 0.25) is 0 Å². The summed E-state index contributed by atoms with van der Waals surface area (Å²) in [6.45, 7) is 7.24. The maximum atomic E-state index is 13.9. The average Bonchev–Trinajstić information content (AvgIpc) is 2.63. The van der Waals surface area contributed by atoms with Gasteiger partial charge >= 0.3 is 0 Å². The Morgan fingerprint density at radius 3 is 2.77 bits per heavy atom. The molecular weight excluding hydrogens is 279 g/mol. The summed E-state index contributed by atoms with van der Waals surface area (Å²) in [5, 5.41) is 2.99. The average molecular weight is 304 g/mol. The van der Waals surface area contributed by atoms with Crippen LogP contribution in [0.4, 0.5) is 4.39 Å². The third-order valence-electron chi connectivity index (χ3n) is 4.15. The van der Waals surface area contributed by atoms with E-state index in [1.54, 1.807) is 12.1 Å². The van der Waals surface area contributed by atoms with Crippen molar-refractivity contribution >= 4 is 5.91 Å². The van der Waals surface area contributed by atoms with Gasteiger partial charge in [-0.05, 0) is 33.3 Å². The van der Waals surface area contributed by atoms with Crippen molar-refractivity contribution in [3.63, 3.8) is 0 Å². The molecule has 1 aliphatic heterocycles. The van der Waals surface area contributed by atoms with E-state index >= 15 is 0 Å². The van der Waals surface area contributed by atoms with Crippen molar-refractivity contribution in [3.8, 4) is 0 Å². The van der Waals surface area contributed by atoms with E-state index in [0.717, 1.165) is 13.0 Å². The van der Waals surface area contributed by atoms with Crippen molar-refractivity contribution in [2.75, 3.05) is 6.54 Å². The van der Waals surface area contributed by atoms with E-state index < -0.39 is 0 Å². The summed E-state index contributed by atoms with van der Waals surface area (Å²) in [5.74, 6) is -0.216. The molecule has 0 radical (unpaired) electrons. The number of hydrogen-bond acceptors (Lipinski definition) is 2. The predicted molar refractivity (Wildman–Crippen MR) is 86.8 cm³/mol. The first kappa shape index (κ1) is 16.7. The second kappa shape index (κ2) is 7.54. The van der Waals surface area contributed by atoms with Gasteiger partial charge in [0.05, 0.1) is 5.92 Å². The highest BCUT2D eigenvalue weighted by atomic mass is 19.1. The van der Waals surface area contributed by atoms with E-state index in [1.807, 2.05) is 19.9 Å². The highest BCUT2D eigenvalue weighted by molar-refractivity contribution is 5.79. The van der Waals surface area contributed by atoms with Crippen molar-refractivity contribution in [2.45, 2.75) is 45.8 Å². The van der Waals surface area contributed by atoms with Crippen LogP contribution in [0.25, 0.3) is 0 Å². The zero-order valence-corrected chi connectivity index (χ0v) is 13.6. The molecule has 1 aromatic carbocycles. The molecule has 1 N–H and O–H groups in total. The molecule has 0 aliphatic carbocycles. The smallest absolute Gasteiger partial charge is 0.225 e. The van der Waals surface area contributed by atoms with Crippen LogP contribution in [0.1, 0.15) is 32.8 Å². The minimum absolute atomic E-state index is 0.0633. The van der Waals surface area contributed by atoms with Crippen LogP contribution in [0.15, 0.2) is 36.4 Å². The van der Waals surface area contributed by atoms with Gasteiger partial charge in [0.25, 0.3) is 0 Å². The van der Waals surface area contributed by atoms with Gasteiger partial charge in [-0.15, -0.1) is 0 Å². The summed E-state index contributed by atoms with van der Waals surface area (Å²) < 4.78 is 13.9. The minimum Gasteiger partial charge on any atom is -0.354 e. The van der Waals surface area contributed by atoms with Crippen LogP contribution in [0.5, 0.6) is 0 Å². The van der Waals surface area contributed by atoms with Crippen molar-refractivity contribution in [3.05, 3.63) is 47.8 Å². The second-order valence-electron chi connectivity index (χ2n) is 6.24. The minimum atomic E-state index is -0.189. The van der Waals surface area contributed by atoms with Crippen molar-refractivity contribution in [2.24, 2.45) is 5.92 Å². The summed E-state index contributed by atoms with van der Waals surface area (Å²) >= 11 is 0. The molecule has 0 saturated carbocycles. The monoisotopic (exact) mass is 304 g/mol. The summed E-state index contributed by atoms with van der Waals surface area (Å²) in [6, 6.07) is 7.03. The lowest BCUT2D eigenvalue weighted by molar-refractivity contribution is -0.127. The van der Waals surface area contributed by atoms with Gasteiger partial charge in [-0.2, -0.15) is 0 Å².